The molecule has 13 heavy (non-hydrogen) atoms. The van der Waals surface area contributed by atoms with Crippen molar-refractivity contribution in [2.45, 2.75) is 0 Å². The Labute approximate surface area is 82.7 Å². The number of halogens is 1. The van der Waals surface area contributed by atoms with Crippen molar-refractivity contribution in [2.24, 2.45) is 0 Å². The van der Waals surface area contributed by atoms with Crippen LogP contribution < -0.4 is 10.4 Å². The molecule has 0 atom stereocenters. The molecule has 70 valence electrons. The largest absolute Gasteiger partial charge is 0.489 e. The Kier molecular flexibility index (Phi) is 3.19. The highest BCUT2D eigenvalue weighted by atomic mass is 35.5. The van der Waals surface area contributed by atoms with E-state index in [1.54, 1.807) is 18.2 Å². The fourth-order valence-corrected chi connectivity index (χ4v) is 1.28. The van der Waals surface area contributed by atoms with Crippen LogP contribution in [0.1, 0.15) is 0 Å². The van der Waals surface area contributed by atoms with Crippen LogP contribution in [0.2, 0.25) is 5.02 Å². The van der Waals surface area contributed by atoms with Gasteiger partial charge in [-0.2, -0.15) is 0 Å². The van der Waals surface area contributed by atoms with Gasteiger partial charge in [-0.3, -0.25) is 0 Å². The van der Waals surface area contributed by atoms with Crippen molar-refractivity contribution in [3.63, 3.8) is 0 Å². The van der Waals surface area contributed by atoms with Crippen LogP contribution in [0.25, 0.3) is 0 Å². The van der Waals surface area contributed by atoms with E-state index in [0.29, 0.717) is 10.5 Å². The van der Waals surface area contributed by atoms with Crippen molar-refractivity contribution < 1.29 is 10.0 Å². The minimum atomic E-state index is -1.51. The first kappa shape index (κ1) is 10.4. The molecule has 0 aliphatic rings. The Morgan fingerprint density at radius 2 is 1.92 bits per heavy atom. The van der Waals surface area contributed by atoms with Crippen LogP contribution in [0.4, 0.5) is 5.69 Å². The predicted octanol–water partition coefficient (Wildman–Crippen LogP) is 0.0858. The lowest BCUT2D eigenvalue weighted by Crippen LogP contribution is -2.30. The summed E-state index contributed by atoms with van der Waals surface area (Å²) in [6.45, 7) is 0. The monoisotopic (exact) mass is 199 g/mol. The van der Waals surface area contributed by atoms with E-state index in [-0.39, 0.29) is 0 Å². The van der Waals surface area contributed by atoms with Gasteiger partial charge in [0.2, 0.25) is 0 Å². The summed E-state index contributed by atoms with van der Waals surface area (Å²) in [4.78, 5) is 1.89. The molecule has 0 aromatic heterocycles. The van der Waals surface area contributed by atoms with Gasteiger partial charge in [-0.15, -0.1) is 0 Å². The topological polar surface area (TPSA) is 43.7 Å². The summed E-state index contributed by atoms with van der Waals surface area (Å²) in [6, 6.07) is 5.07. The zero-order chi connectivity index (χ0) is 10.0. The Hall–Kier alpha value is -0.705. The summed E-state index contributed by atoms with van der Waals surface area (Å²) >= 11 is 5.82. The standard InChI is InChI=1S/C8H11BClNO2/c1-11(2)6-3-4-7(9(12)13)8(10)5-6/h3-5,12-13H,1-2H3. The molecule has 0 saturated carbocycles. The van der Waals surface area contributed by atoms with Crippen LogP contribution in [0.5, 0.6) is 0 Å². The van der Waals surface area contributed by atoms with Crippen LogP contribution in [0.3, 0.4) is 0 Å². The fraction of sp³-hybridized carbons (Fsp3) is 0.250. The maximum Gasteiger partial charge on any atom is 0.489 e. The summed E-state index contributed by atoms with van der Waals surface area (Å²) in [5.74, 6) is 0. The Morgan fingerprint density at radius 1 is 1.31 bits per heavy atom. The highest BCUT2D eigenvalue weighted by Crippen LogP contribution is 2.15. The lowest BCUT2D eigenvalue weighted by molar-refractivity contribution is 0.426. The third-order valence-corrected chi connectivity index (χ3v) is 2.11. The molecular weight excluding hydrogens is 188 g/mol. The minimum Gasteiger partial charge on any atom is -0.423 e. The molecule has 0 heterocycles. The number of hydrogen-bond donors (Lipinski definition) is 2. The molecule has 0 radical (unpaired) electrons. The number of anilines is 1. The number of hydrogen-bond acceptors (Lipinski definition) is 3. The molecular formula is C8H11BClNO2. The second-order valence-electron chi connectivity index (χ2n) is 2.97. The first-order chi connectivity index (χ1) is 6.02. The van der Waals surface area contributed by atoms with Crippen molar-refractivity contribution in [1.82, 2.24) is 0 Å². The normalized spacial score (nSPS) is 9.92. The van der Waals surface area contributed by atoms with E-state index in [2.05, 4.69) is 0 Å². The van der Waals surface area contributed by atoms with Crippen molar-refractivity contribution in [3.8, 4) is 0 Å². The third-order valence-electron chi connectivity index (χ3n) is 1.78. The number of nitrogens with zero attached hydrogens (tertiary/aromatic N) is 1. The first-order valence-electron chi connectivity index (χ1n) is 3.85. The lowest BCUT2D eigenvalue weighted by atomic mass is 9.80. The molecule has 0 saturated heterocycles. The van der Waals surface area contributed by atoms with Crippen molar-refractivity contribution in [1.29, 1.82) is 0 Å². The molecule has 2 N–H and O–H groups in total. The van der Waals surface area contributed by atoms with Crippen LogP contribution in [-0.4, -0.2) is 31.3 Å². The molecule has 1 aromatic rings. The maximum atomic E-state index is 8.89. The smallest absolute Gasteiger partial charge is 0.423 e. The van der Waals surface area contributed by atoms with Gasteiger partial charge >= 0.3 is 7.12 Å². The maximum absolute atomic E-state index is 8.89. The quantitative estimate of drug-likeness (QED) is 0.664. The molecule has 5 heteroatoms. The number of rotatable bonds is 2. The summed E-state index contributed by atoms with van der Waals surface area (Å²) in [6.07, 6.45) is 0. The molecule has 0 aliphatic heterocycles. The summed E-state index contributed by atoms with van der Waals surface area (Å²) in [5.41, 5.74) is 1.25. The average molecular weight is 199 g/mol. The van der Waals surface area contributed by atoms with Crippen molar-refractivity contribution in [2.75, 3.05) is 19.0 Å². The predicted molar refractivity (Wildman–Crippen MR) is 55.6 cm³/mol. The van der Waals surface area contributed by atoms with Gasteiger partial charge in [0.15, 0.2) is 0 Å². The SMILES string of the molecule is CN(C)c1ccc(B(O)O)c(Cl)c1. The van der Waals surface area contributed by atoms with Gasteiger partial charge in [0, 0.05) is 30.3 Å². The van der Waals surface area contributed by atoms with E-state index in [1.807, 2.05) is 19.0 Å². The second kappa shape index (κ2) is 4.00. The highest BCUT2D eigenvalue weighted by molar-refractivity contribution is 6.62. The fourth-order valence-electron chi connectivity index (χ4n) is 1.00. The van der Waals surface area contributed by atoms with Gasteiger partial charge in [0.25, 0.3) is 0 Å². The highest BCUT2D eigenvalue weighted by Gasteiger charge is 2.15. The van der Waals surface area contributed by atoms with Crippen LogP contribution in [-0.2, 0) is 0 Å². The first-order valence-corrected chi connectivity index (χ1v) is 4.23. The molecule has 1 aromatic carbocycles. The molecule has 0 unspecified atom stereocenters. The van der Waals surface area contributed by atoms with E-state index < -0.39 is 7.12 Å². The Morgan fingerprint density at radius 3 is 2.31 bits per heavy atom. The molecule has 3 nitrogen and oxygen atoms in total. The summed E-state index contributed by atoms with van der Waals surface area (Å²) < 4.78 is 0. The van der Waals surface area contributed by atoms with Gasteiger partial charge in [-0.1, -0.05) is 17.7 Å². The van der Waals surface area contributed by atoms with Gasteiger partial charge in [-0.05, 0) is 12.1 Å². The van der Waals surface area contributed by atoms with Gasteiger partial charge in [0.1, 0.15) is 0 Å². The van der Waals surface area contributed by atoms with Crippen LogP contribution >= 0.6 is 11.6 Å². The summed E-state index contributed by atoms with van der Waals surface area (Å²) in [7, 11) is 2.27. The van der Waals surface area contributed by atoms with Crippen molar-refractivity contribution >= 4 is 29.9 Å². The molecule has 0 aliphatic carbocycles. The zero-order valence-corrected chi connectivity index (χ0v) is 8.28. The van der Waals surface area contributed by atoms with E-state index in [0.717, 1.165) is 5.69 Å². The van der Waals surface area contributed by atoms with Gasteiger partial charge in [-0.25, -0.2) is 0 Å². The van der Waals surface area contributed by atoms with Gasteiger partial charge in [0.05, 0.1) is 0 Å². The van der Waals surface area contributed by atoms with E-state index in [1.165, 1.54) is 0 Å². The average Bonchev–Trinajstić information content (AvgIpc) is 2.03. The Bertz CT molecular complexity index is 304. The van der Waals surface area contributed by atoms with E-state index >= 15 is 0 Å². The third kappa shape index (κ3) is 2.37. The molecule has 0 bridgehead atoms. The van der Waals surface area contributed by atoms with Crippen LogP contribution in [0, 0.1) is 0 Å². The van der Waals surface area contributed by atoms with Gasteiger partial charge < -0.3 is 14.9 Å². The lowest BCUT2D eigenvalue weighted by Gasteiger charge is -2.13. The summed E-state index contributed by atoms with van der Waals surface area (Å²) in [5, 5.41) is 18.1. The molecule has 0 fully saturated rings. The van der Waals surface area contributed by atoms with Crippen LogP contribution in [0.15, 0.2) is 18.2 Å². The molecule has 1 rings (SSSR count). The van der Waals surface area contributed by atoms with E-state index in [9.17, 15) is 0 Å². The Balaban J connectivity index is 3.06. The zero-order valence-electron chi connectivity index (χ0n) is 7.53. The van der Waals surface area contributed by atoms with E-state index in [4.69, 9.17) is 21.6 Å². The van der Waals surface area contributed by atoms with Crippen molar-refractivity contribution in [3.05, 3.63) is 23.2 Å². The molecule has 0 amide bonds. The molecule has 0 spiro atoms. The second-order valence-corrected chi connectivity index (χ2v) is 3.38. The minimum absolute atomic E-state index is 0.326. The number of benzene rings is 1.